The molecule has 1 aromatic heterocycles. The molecular weight excluding hydrogens is 446 g/mol. The zero-order valence-corrected chi connectivity index (χ0v) is 20.0. The van der Waals surface area contributed by atoms with Crippen molar-refractivity contribution in [3.63, 3.8) is 0 Å². The minimum Gasteiger partial charge on any atom is -0.423 e. The summed E-state index contributed by atoms with van der Waals surface area (Å²) in [6, 6.07) is 28.4. The Bertz CT molecular complexity index is 1640. The van der Waals surface area contributed by atoms with E-state index in [1.165, 1.54) is 33.4 Å². The third-order valence-electron chi connectivity index (χ3n) is 7.31. The molecular formula is C31H25N3O2. The molecule has 2 aliphatic heterocycles. The summed E-state index contributed by atoms with van der Waals surface area (Å²) in [5.74, 6) is 0.204. The van der Waals surface area contributed by atoms with Gasteiger partial charge in [0.1, 0.15) is 5.75 Å². The summed E-state index contributed by atoms with van der Waals surface area (Å²) in [5, 5.41) is 1.24. The number of aromatic nitrogens is 1. The smallest absolute Gasteiger partial charge is 0.344 e. The number of para-hydroxylation sites is 1. The number of aromatic amines is 1. The first kappa shape index (κ1) is 20.8. The lowest BCUT2D eigenvalue weighted by atomic mass is 9.92. The molecule has 0 atom stereocenters. The third kappa shape index (κ3) is 3.35. The second-order valence-electron chi connectivity index (χ2n) is 9.63. The van der Waals surface area contributed by atoms with Crippen molar-refractivity contribution in [3.05, 3.63) is 113 Å². The molecule has 0 radical (unpaired) electrons. The maximum Gasteiger partial charge on any atom is 0.344 e. The van der Waals surface area contributed by atoms with Gasteiger partial charge in [-0.25, -0.2) is 4.79 Å². The van der Waals surface area contributed by atoms with Crippen LogP contribution >= 0.6 is 0 Å². The molecule has 5 nitrogen and oxygen atoms in total. The summed E-state index contributed by atoms with van der Waals surface area (Å²) in [4.78, 5) is 21.4. The van der Waals surface area contributed by atoms with E-state index in [1.54, 1.807) is 12.1 Å². The zero-order valence-electron chi connectivity index (χ0n) is 20.0. The number of carbonyl (C=O) groups is 1. The number of nitrogens with one attached hydrogen (secondary N) is 1. The van der Waals surface area contributed by atoms with Crippen LogP contribution in [0.1, 0.15) is 27.0 Å². The Balaban J connectivity index is 1.26. The van der Waals surface area contributed by atoms with E-state index < -0.39 is 0 Å². The monoisotopic (exact) mass is 471 g/mol. The van der Waals surface area contributed by atoms with E-state index in [2.05, 4.69) is 51.2 Å². The van der Waals surface area contributed by atoms with E-state index in [9.17, 15) is 4.79 Å². The van der Waals surface area contributed by atoms with Crippen molar-refractivity contribution < 1.29 is 9.53 Å². The van der Waals surface area contributed by atoms with E-state index in [0.717, 1.165) is 36.4 Å². The normalized spacial score (nSPS) is 13.9. The number of aryl methyl sites for hydroxylation is 1. The highest BCUT2D eigenvalue weighted by Crippen LogP contribution is 2.41. The van der Waals surface area contributed by atoms with Crippen LogP contribution in [0, 0.1) is 6.92 Å². The Labute approximate surface area is 209 Å². The van der Waals surface area contributed by atoms with Gasteiger partial charge in [-0.1, -0.05) is 36.4 Å². The Hall–Kier alpha value is -4.51. The first-order valence-corrected chi connectivity index (χ1v) is 12.2. The Morgan fingerprint density at radius 2 is 1.64 bits per heavy atom. The molecule has 1 N–H and O–H groups in total. The minimum atomic E-state index is -0.341. The standard InChI is InChI=1S/C31H25N3O2/c1-20-6-5-9-26(31(35)36-25-7-3-2-4-8-25)30(20)22-10-11-28-23(14-22)17-34-19-33(28)18-24-15-27-21(12-13-32-27)16-29(24)34/h2-16,32H,17-19H2,1H3. The van der Waals surface area contributed by atoms with Gasteiger partial charge in [0.15, 0.2) is 0 Å². The first-order valence-electron chi connectivity index (χ1n) is 12.2. The predicted octanol–water partition coefficient (Wildman–Crippen LogP) is 6.66. The number of ether oxygens (including phenoxy) is 1. The number of esters is 1. The van der Waals surface area contributed by atoms with Gasteiger partial charge in [0, 0.05) is 41.6 Å². The first-order chi connectivity index (χ1) is 17.6. The fraction of sp³-hybridized carbons (Fsp3) is 0.129. The molecule has 0 unspecified atom stereocenters. The number of hydrogen-bond acceptors (Lipinski definition) is 4. The zero-order chi connectivity index (χ0) is 24.2. The van der Waals surface area contributed by atoms with Crippen molar-refractivity contribution in [1.82, 2.24) is 4.98 Å². The Morgan fingerprint density at radius 3 is 2.50 bits per heavy atom. The summed E-state index contributed by atoms with van der Waals surface area (Å²) >= 11 is 0. The predicted molar refractivity (Wildman–Crippen MR) is 144 cm³/mol. The molecule has 0 spiro atoms. The van der Waals surface area contributed by atoms with Gasteiger partial charge in [-0.2, -0.15) is 0 Å². The number of rotatable bonds is 3. The van der Waals surface area contributed by atoms with Crippen LogP contribution in [0.5, 0.6) is 5.75 Å². The Kier molecular flexibility index (Phi) is 4.64. The lowest BCUT2D eigenvalue weighted by Crippen LogP contribution is -2.46. The lowest BCUT2D eigenvalue weighted by Gasteiger charge is -2.45. The number of fused-ring (bicyclic) bond motifs is 7. The highest BCUT2D eigenvalue weighted by atomic mass is 16.5. The maximum absolute atomic E-state index is 13.2. The van der Waals surface area contributed by atoms with E-state index in [4.69, 9.17) is 4.74 Å². The van der Waals surface area contributed by atoms with Crippen molar-refractivity contribution >= 4 is 28.2 Å². The average molecular weight is 472 g/mol. The number of H-pyrrole nitrogens is 1. The molecule has 0 saturated carbocycles. The molecule has 5 heteroatoms. The lowest BCUT2D eigenvalue weighted by molar-refractivity contribution is 0.0735. The highest BCUT2D eigenvalue weighted by Gasteiger charge is 2.30. The van der Waals surface area contributed by atoms with Crippen LogP contribution in [0.25, 0.3) is 22.0 Å². The number of carbonyl (C=O) groups excluding carboxylic acids is 1. The minimum absolute atomic E-state index is 0.341. The van der Waals surface area contributed by atoms with Crippen LogP contribution in [0.3, 0.4) is 0 Å². The molecule has 2 aliphatic rings. The highest BCUT2D eigenvalue weighted by molar-refractivity contribution is 5.99. The van der Waals surface area contributed by atoms with Gasteiger partial charge in [0.25, 0.3) is 0 Å². The summed E-state index contributed by atoms with van der Waals surface area (Å²) in [5.41, 5.74) is 9.95. The summed E-state index contributed by atoms with van der Waals surface area (Å²) in [7, 11) is 0. The second-order valence-corrected chi connectivity index (χ2v) is 9.63. The SMILES string of the molecule is Cc1cccc(C(=O)Oc2ccccc2)c1-c1ccc2c(c1)CN1CN2Cc2cc3[nH]ccc3cc21. The molecule has 7 rings (SSSR count). The van der Waals surface area contributed by atoms with Crippen LogP contribution in [-0.2, 0) is 13.1 Å². The maximum atomic E-state index is 13.2. The number of hydrogen-bond donors (Lipinski definition) is 1. The molecule has 0 saturated heterocycles. The van der Waals surface area contributed by atoms with Gasteiger partial charge < -0.3 is 19.5 Å². The van der Waals surface area contributed by atoms with Gasteiger partial charge >= 0.3 is 5.97 Å². The molecule has 4 aromatic carbocycles. The quantitative estimate of drug-likeness (QED) is 0.236. The Morgan fingerprint density at radius 1 is 0.833 bits per heavy atom. The van der Waals surface area contributed by atoms with E-state index in [1.807, 2.05) is 49.5 Å². The van der Waals surface area contributed by atoms with E-state index in [0.29, 0.717) is 11.3 Å². The summed E-state index contributed by atoms with van der Waals surface area (Å²) in [6.07, 6.45) is 2.00. The van der Waals surface area contributed by atoms with Gasteiger partial charge in [-0.3, -0.25) is 0 Å². The van der Waals surface area contributed by atoms with Crippen molar-refractivity contribution in [1.29, 1.82) is 0 Å². The topological polar surface area (TPSA) is 48.6 Å². The number of anilines is 2. The van der Waals surface area contributed by atoms with Crippen LogP contribution in [0.2, 0.25) is 0 Å². The molecule has 2 bridgehead atoms. The summed E-state index contributed by atoms with van der Waals surface area (Å²) in [6.45, 7) is 4.65. The molecule has 5 aromatic rings. The van der Waals surface area contributed by atoms with E-state index in [-0.39, 0.29) is 5.97 Å². The van der Waals surface area contributed by atoms with Crippen LogP contribution < -0.4 is 14.5 Å². The molecule has 36 heavy (non-hydrogen) atoms. The molecule has 3 heterocycles. The van der Waals surface area contributed by atoms with E-state index >= 15 is 0 Å². The van der Waals surface area contributed by atoms with Crippen LogP contribution in [-0.4, -0.2) is 17.6 Å². The van der Waals surface area contributed by atoms with Gasteiger partial charge in [0.2, 0.25) is 0 Å². The number of benzene rings is 4. The van der Waals surface area contributed by atoms with Crippen molar-refractivity contribution in [2.24, 2.45) is 0 Å². The van der Waals surface area contributed by atoms with Gasteiger partial charge in [-0.05, 0) is 83.3 Å². The average Bonchev–Trinajstić information content (AvgIpc) is 3.35. The van der Waals surface area contributed by atoms with Crippen LogP contribution in [0.15, 0.2) is 91.1 Å². The fourth-order valence-electron chi connectivity index (χ4n) is 5.64. The number of nitrogens with zero attached hydrogens (tertiary/aromatic N) is 2. The molecule has 0 amide bonds. The van der Waals surface area contributed by atoms with Crippen molar-refractivity contribution in [2.45, 2.75) is 20.0 Å². The van der Waals surface area contributed by atoms with Crippen LogP contribution in [0.4, 0.5) is 11.4 Å². The van der Waals surface area contributed by atoms with Gasteiger partial charge in [-0.15, -0.1) is 0 Å². The van der Waals surface area contributed by atoms with Crippen molar-refractivity contribution in [3.8, 4) is 16.9 Å². The van der Waals surface area contributed by atoms with Gasteiger partial charge in [0.05, 0.1) is 12.2 Å². The third-order valence-corrected chi connectivity index (χ3v) is 7.31. The molecule has 176 valence electrons. The summed E-state index contributed by atoms with van der Waals surface area (Å²) < 4.78 is 5.70. The second kappa shape index (κ2) is 8.02. The van der Waals surface area contributed by atoms with Crippen molar-refractivity contribution in [2.75, 3.05) is 16.5 Å². The molecule has 0 fully saturated rings. The largest absolute Gasteiger partial charge is 0.423 e. The molecule has 0 aliphatic carbocycles. The fourth-order valence-corrected chi connectivity index (χ4v) is 5.64.